The summed E-state index contributed by atoms with van der Waals surface area (Å²) >= 11 is 0. The van der Waals surface area contributed by atoms with Crippen LogP contribution in [-0.4, -0.2) is 70.0 Å². The lowest BCUT2D eigenvalue weighted by molar-refractivity contribution is -0.161. The molecular formula is C16H23N3O4. The van der Waals surface area contributed by atoms with Crippen molar-refractivity contribution < 1.29 is 19.8 Å². The molecule has 7 nitrogen and oxygen atoms in total. The fraction of sp³-hybridized carbons (Fsp3) is 0.688. The Balaban J connectivity index is 1.85. The van der Waals surface area contributed by atoms with Gasteiger partial charge in [-0.2, -0.15) is 0 Å². The molecule has 3 heterocycles. The Morgan fingerprint density at radius 3 is 2.70 bits per heavy atom. The number of fused-ring (bicyclic) bond motifs is 1. The lowest BCUT2D eigenvalue weighted by Gasteiger charge is -2.44. The number of β-lactam (4-membered cyclic amide) rings is 1. The third-order valence-corrected chi connectivity index (χ3v) is 5.43. The number of aliphatic carboxylic acids is 1. The van der Waals surface area contributed by atoms with Gasteiger partial charge in [0.25, 0.3) is 0 Å². The Morgan fingerprint density at radius 1 is 1.43 bits per heavy atom. The number of rotatable bonds is 3. The van der Waals surface area contributed by atoms with Crippen LogP contribution in [-0.2, 0) is 9.59 Å². The summed E-state index contributed by atoms with van der Waals surface area (Å²) in [6.07, 6.45) is 0.685. The fourth-order valence-corrected chi connectivity index (χ4v) is 4.15. The average molecular weight is 321 g/mol. The predicted octanol–water partition coefficient (Wildman–Crippen LogP) is 0.307. The second-order valence-electron chi connectivity index (χ2n) is 6.63. The van der Waals surface area contributed by atoms with Gasteiger partial charge in [0.05, 0.1) is 23.9 Å². The summed E-state index contributed by atoms with van der Waals surface area (Å²) in [5, 5.41) is 19.4. The molecule has 0 spiro atoms. The van der Waals surface area contributed by atoms with Crippen LogP contribution in [0.1, 0.15) is 26.7 Å². The van der Waals surface area contributed by atoms with Gasteiger partial charge in [-0.3, -0.25) is 9.79 Å². The summed E-state index contributed by atoms with van der Waals surface area (Å²) in [4.78, 5) is 31.6. The lowest BCUT2D eigenvalue weighted by atomic mass is 9.82. The standard InChI is InChI=1S/C16H23N3O4/c1-8(20)13-12-6-11(14(16(22)23)19(12)15(13)21)10-4-5-18(7-10)9(2)17-3/h8,10,12-13,20H,4-7H2,1-3H3,(H,22,23)/t8-,10-,12-,13-/m1/s1. The van der Waals surface area contributed by atoms with Gasteiger partial charge in [-0.15, -0.1) is 0 Å². The molecule has 0 radical (unpaired) electrons. The number of aliphatic hydroxyl groups excluding tert-OH is 1. The molecule has 4 atom stereocenters. The minimum atomic E-state index is -1.04. The topological polar surface area (TPSA) is 93.4 Å². The van der Waals surface area contributed by atoms with Gasteiger partial charge in [0.15, 0.2) is 0 Å². The number of aliphatic hydroxyl groups is 1. The molecule has 3 aliphatic heterocycles. The van der Waals surface area contributed by atoms with Gasteiger partial charge in [-0.05, 0) is 32.3 Å². The third-order valence-electron chi connectivity index (χ3n) is 5.43. The molecule has 7 heteroatoms. The summed E-state index contributed by atoms with van der Waals surface area (Å²) in [6.45, 7) is 5.13. The number of amidine groups is 1. The van der Waals surface area contributed by atoms with Crippen LogP contribution in [0.15, 0.2) is 16.3 Å². The van der Waals surface area contributed by atoms with Gasteiger partial charge >= 0.3 is 5.97 Å². The highest BCUT2D eigenvalue weighted by atomic mass is 16.4. The van der Waals surface area contributed by atoms with Crippen molar-refractivity contribution in [3.63, 3.8) is 0 Å². The number of amides is 1. The zero-order chi connectivity index (χ0) is 16.9. The Morgan fingerprint density at radius 2 is 2.13 bits per heavy atom. The molecule has 3 aliphatic rings. The van der Waals surface area contributed by atoms with Crippen molar-refractivity contribution in [3.05, 3.63) is 11.3 Å². The smallest absolute Gasteiger partial charge is 0.352 e. The summed E-state index contributed by atoms with van der Waals surface area (Å²) in [5.41, 5.74) is 1.00. The number of carboxylic acid groups (broad SMARTS) is 1. The zero-order valence-electron chi connectivity index (χ0n) is 13.7. The van der Waals surface area contributed by atoms with Crippen molar-refractivity contribution >= 4 is 17.7 Å². The van der Waals surface area contributed by atoms with Gasteiger partial charge < -0.3 is 20.0 Å². The second-order valence-corrected chi connectivity index (χ2v) is 6.63. The number of likely N-dealkylation sites (tertiary alicyclic amines) is 1. The maximum Gasteiger partial charge on any atom is 0.352 e. The summed E-state index contributed by atoms with van der Waals surface area (Å²) in [5.74, 6) is -0.703. The van der Waals surface area contributed by atoms with E-state index in [0.717, 1.165) is 30.9 Å². The number of carbonyl (C=O) groups excluding carboxylic acids is 1. The molecule has 23 heavy (non-hydrogen) atoms. The first-order valence-corrected chi connectivity index (χ1v) is 8.02. The Bertz CT molecular complexity index is 610. The van der Waals surface area contributed by atoms with Crippen molar-refractivity contribution in [1.82, 2.24) is 9.80 Å². The van der Waals surface area contributed by atoms with E-state index in [0.29, 0.717) is 6.42 Å². The summed E-state index contributed by atoms with van der Waals surface area (Å²) in [7, 11) is 1.75. The van der Waals surface area contributed by atoms with E-state index in [2.05, 4.69) is 9.89 Å². The average Bonchev–Trinajstić information content (AvgIpc) is 3.08. The molecule has 2 fully saturated rings. The molecule has 0 aromatic rings. The van der Waals surface area contributed by atoms with E-state index in [1.54, 1.807) is 14.0 Å². The van der Waals surface area contributed by atoms with Gasteiger partial charge in [0, 0.05) is 26.1 Å². The largest absolute Gasteiger partial charge is 0.477 e. The van der Waals surface area contributed by atoms with Gasteiger partial charge in [-0.1, -0.05) is 0 Å². The van der Waals surface area contributed by atoms with Crippen LogP contribution >= 0.6 is 0 Å². The molecule has 2 saturated heterocycles. The fourth-order valence-electron chi connectivity index (χ4n) is 4.15. The molecule has 0 aliphatic carbocycles. The highest BCUT2D eigenvalue weighted by molar-refractivity contribution is 5.99. The van der Waals surface area contributed by atoms with E-state index >= 15 is 0 Å². The number of carboxylic acids is 1. The predicted molar refractivity (Wildman–Crippen MR) is 83.8 cm³/mol. The molecule has 0 bridgehead atoms. The van der Waals surface area contributed by atoms with Crippen LogP contribution in [0, 0.1) is 11.8 Å². The van der Waals surface area contributed by atoms with Crippen LogP contribution in [0.5, 0.6) is 0 Å². The Labute approximate surface area is 135 Å². The molecule has 2 N–H and O–H groups in total. The summed E-state index contributed by atoms with van der Waals surface area (Å²) in [6, 6.07) is -0.196. The quantitative estimate of drug-likeness (QED) is 0.443. The van der Waals surface area contributed by atoms with Gasteiger partial charge in [-0.25, -0.2) is 4.79 Å². The van der Waals surface area contributed by atoms with Crippen molar-refractivity contribution in [2.75, 3.05) is 20.1 Å². The van der Waals surface area contributed by atoms with Crippen molar-refractivity contribution in [3.8, 4) is 0 Å². The minimum Gasteiger partial charge on any atom is -0.477 e. The molecule has 3 rings (SSSR count). The summed E-state index contributed by atoms with van der Waals surface area (Å²) < 4.78 is 0. The van der Waals surface area contributed by atoms with E-state index in [1.165, 1.54) is 4.90 Å². The van der Waals surface area contributed by atoms with Gasteiger partial charge in [0.2, 0.25) is 5.91 Å². The van der Waals surface area contributed by atoms with E-state index in [-0.39, 0.29) is 23.6 Å². The molecule has 0 aromatic heterocycles. The minimum absolute atomic E-state index is 0.130. The molecule has 126 valence electrons. The monoisotopic (exact) mass is 321 g/mol. The first-order valence-electron chi connectivity index (χ1n) is 8.02. The zero-order valence-corrected chi connectivity index (χ0v) is 13.7. The van der Waals surface area contributed by atoms with Crippen molar-refractivity contribution in [2.45, 2.75) is 38.8 Å². The highest BCUT2D eigenvalue weighted by Gasteiger charge is 2.57. The maximum atomic E-state index is 12.2. The number of hydrogen-bond donors (Lipinski definition) is 2. The first-order chi connectivity index (χ1) is 10.9. The van der Waals surface area contributed by atoms with Crippen molar-refractivity contribution in [1.29, 1.82) is 0 Å². The second kappa shape index (κ2) is 5.63. The SMILES string of the molecule is CN=C(C)N1CC[C@@H](C2=C(C(=O)O)N3C(=O)[C@H]([C@@H](C)O)[C@H]3C2)C1. The number of carbonyl (C=O) groups is 2. The normalized spacial score (nSPS) is 32.3. The number of aliphatic imine (C=N–C) groups is 1. The van der Waals surface area contributed by atoms with E-state index in [9.17, 15) is 19.8 Å². The molecule has 1 amide bonds. The maximum absolute atomic E-state index is 12.2. The molecule has 0 saturated carbocycles. The van der Waals surface area contributed by atoms with Crippen molar-refractivity contribution in [2.24, 2.45) is 16.8 Å². The van der Waals surface area contributed by atoms with Crippen LogP contribution in [0.2, 0.25) is 0 Å². The van der Waals surface area contributed by atoms with Crippen LogP contribution < -0.4 is 0 Å². The molecule has 0 aromatic carbocycles. The van der Waals surface area contributed by atoms with Gasteiger partial charge in [0.1, 0.15) is 5.70 Å². The van der Waals surface area contributed by atoms with Crippen LogP contribution in [0.3, 0.4) is 0 Å². The Kier molecular flexibility index (Phi) is 3.91. The Hall–Kier alpha value is -1.89. The number of nitrogens with zero attached hydrogens (tertiary/aromatic N) is 3. The third kappa shape index (κ3) is 2.34. The van der Waals surface area contributed by atoms with Crippen LogP contribution in [0.4, 0.5) is 0 Å². The lowest BCUT2D eigenvalue weighted by Crippen LogP contribution is -2.61. The van der Waals surface area contributed by atoms with Crippen LogP contribution in [0.25, 0.3) is 0 Å². The van der Waals surface area contributed by atoms with E-state index < -0.39 is 18.0 Å². The number of hydrogen-bond acceptors (Lipinski definition) is 4. The van der Waals surface area contributed by atoms with E-state index in [1.807, 2.05) is 6.92 Å². The first kappa shape index (κ1) is 16.0. The molecule has 0 unspecified atom stereocenters. The highest BCUT2D eigenvalue weighted by Crippen LogP contribution is 2.47. The molecular weight excluding hydrogens is 298 g/mol. The van der Waals surface area contributed by atoms with E-state index in [4.69, 9.17) is 0 Å².